The summed E-state index contributed by atoms with van der Waals surface area (Å²) in [5, 5.41) is 4.05. The SMILES string of the molecule is COc1ccc(/C=C2/NC(=S)N(Cc3ccco3)C2=O)cc1COc1cccc(Cl)c1Cl. The predicted molar refractivity (Wildman–Crippen MR) is 127 cm³/mol. The van der Waals surface area contributed by atoms with Gasteiger partial charge in [-0.3, -0.25) is 9.69 Å². The monoisotopic (exact) mass is 488 g/mol. The van der Waals surface area contributed by atoms with Crippen molar-refractivity contribution in [1.29, 1.82) is 0 Å². The Bertz CT molecular complexity index is 1190. The number of rotatable bonds is 7. The van der Waals surface area contributed by atoms with E-state index in [0.717, 1.165) is 11.1 Å². The van der Waals surface area contributed by atoms with Crippen LogP contribution in [0.2, 0.25) is 10.0 Å². The first-order valence-electron chi connectivity index (χ1n) is 9.57. The number of carbonyl (C=O) groups is 1. The Labute approximate surface area is 200 Å². The summed E-state index contributed by atoms with van der Waals surface area (Å²) in [6, 6.07) is 14.3. The van der Waals surface area contributed by atoms with Crippen molar-refractivity contribution in [1.82, 2.24) is 10.2 Å². The van der Waals surface area contributed by atoms with Gasteiger partial charge in [0.2, 0.25) is 0 Å². The molecule has 164 valence electrons. The lowest BCUT2D eigenvalue weighted by Crippen LogP contribution is -2.29. The first-order chi connectivity index (χ1) is 15.5. The van der Waals surface area contributed by atoms with Gasteiger partial charge in [-0.25, -0.2) is 0 Å². The highest BCUT2D eigenvalue weighted by atomic mass is 35.5. The maximum Gasteiger partial charge on any atom is 0.276 e. The molecule has 1 amide bonds. The van der Waals surface area contributed by atoms with E-state index in [1.165, 1.54) is 4.90 Å². The summed E-state index contributed by atoms with van der Waals surface area (Å²) >= 11 is 17.6. The molecule has 1 N–H and O–H groups in total. The van der Waals surface area contributed by atoms with Gasteiger partial charge in [0.25, 0.3) is 5.91 Å². The quantitative estimate of drug-likeness (QED) is 0.353. The molecule has 0 atom stereocenters. The van der Waals surface area contributed by atoms with E-state index in [-0.39, 0.29) is 19.1 Å². The van der Waals surface area contributed by atoms with Crippen LogP contribution in [-0.2, 0) is 17.9 Å². The molecule has 0 bridgehead atoms. The molecule has 6 nitrogen and oxygen atoms in total. The van der Waals surface area contributed by atoms with Crippen LogP contribution in [0.5, 0.6) is 11.5 Å². The van der Waals surface area contributed by atoms with E-state index >= 15 is 0 Å². The second-order valence-electron chi connectivity index (χ2n) is 6.87. The maximum atomic E-state index is 12.8. The number of amides is 1. The van der Waals surface area contributed by atoms with E-state index in [0.29, 0.717) is 38.1 Å². The van der Waals surface area contributed by atoms with E-state index in [1.807, 2.05) is 18.2 Å². The zero-order valence-electron chi connectivity index (χ0n) is 16.9. The number of nitrogens with zero attached hydrogens (tertiary/aromatic N) is 1. The van der Waals surface area contributed by atoms with Gasteiger partial charge in [0.1, 0.15) is 34.6 Å². The third-order valence-corrected chi connectivity index (χ3v) is 5.90. The summed E-state index contributed by atoms with van der Waals surface area (Å²) < 4.78 is 16.6. The summed E-state index contributed by atoms with van der Waals surface area (Å²) in [7, 11) is 1.58. The molecule has 0 spiro atoms. The minimum absolute atomic E-state index is 0.199. The number of thiocarbonyl (C=S) groups is 1. The van der Waals surface area contributed by atoms with Crippen molar-refractivity contribution in [2.24, 2.45) is 0 Å². The molecule has 9 heteroatoms. The second kappa shape index (κ2) is 9.65. The largest absolute Gasteiger partial charge is 0.496 e. The van der Waals surface area contributed by atoms with Gasteiger partial charge in [0, 0.05) is 5.56 Å². The zero-order valence-corrected chi connectivity index (χ0v) is 19.3. The number of hydrogen-bond acceptors (Lipinski definition) is 5. The molecule has 1 aromatic heterocycles. The van der Waals surface area contributed by atoms with Crippen LogP contribution in [0.4, 0.5) is 0 Å². The second-order valence-corrected chi connectivity index (χ2v) is 8.04. The maximum absolute atomic E-state index is 12.8. The van der Waals surface area contributed by atoms with Gasteiger partial charge in [-0.15, -0.1) is 0 Å². The van der Waals surface area contributed by atoms with E-state index in [1.54, 1.807) is 49.8 Å². The van der Waals surface area contributed by atoms with Gasteiger partial charge < -0.3 is 19.2 Å². The Hall–Kier alpha value is -3.00. The molecule has 1 fully saturated rings. The molecule has 0 aliphatic carbocycles. The third kappa shape index (κ3) is 4.75. The van der Waals surface area contributed by atoms with Crippen LogP contribution in [-0.4, -0.2) is 23.0 Å². The van der Waals surface area contributed by atoms with Gasteiger partial charge in [-0.05, 0) is 60.3 Å². The van der Waals surface area contributed by atoms with Crippen LogP contribution in [0, 0.1) is 0 Å². The fraction of sp³-hybridized carbons (Fsp3) is 0.130. The molecule has 0 radical (unpaired) electrons. The normalized spacial score (nSPS) is 14.7. The van der Waals surface area contributed by atoms with E-state index in [4.69, 9.17) is 49.3 Å². The number of carbonyl (C=O) groups excluding carboxylic acids is 1. The molecular weight excluding hydrogens is 471 g/mol. The molecular formula is C23H18Cl2N2O4S. The lowest BCUT2D eigenvalue weighted by molar-refractivity contribution is -0.122. The van der Waals surface area contributed by atoms with Gasteiger partial charge in [-0.2, -0.15) is 0 Å². The lowest BCUT2D eigenvalue weighted by atomic mass is 10.1. The number of hydrogen-bond donors (Lipinski definition) is 1. The zero-order chi connectivity index (χ0) is 22.7. The van der Waals surface area contributed by atoms with Crippen molar-refractivity contribution in [3.63, 3.8) is 0 Å². The van der Waals surface area contributed by atoms with Gasteiger partial charge in [0.15, 0.2) is 5.11 Å². The number of ether oxygens (including phenoxy) is 2. The molecule has 32 heavy (non-hydrogen) atoms. The van der Waals surface area contributed by atoms with E-state index < -0.39 is 0 Å². The standard InChI is InChI=1S/C23H18Cl2N2O4S/c1-29-19-8-7-14(10-15(19)13-31-20-6-2-5-17(24)21(20)25)11-18-22(28)27(23(32)26-18)12-16-4-3-9-30-16/h2-11H,12-13H2,1H3,(H,26,32)/b18-11+. The molecule has 4 rings (SSSR count). The highest BCUT2D eigenvalue weighted by Gasteiger charge is 2.31. The van der Waals surface area contributed by atoms with Crippen molar-refractivity contribution in [3.8, 4) is 11.5 Å². The fourth-order valence-corrected chi connectivity index (χ4v) is 3.80. The summed E-state index contributed by atoms with van der Waals surface area (Å²) in [5.74, 6) is 1.53. The molecule has 2 heterocycles. The highest BCUT2D eigenvalue weighted by Crippen LogP contribution is 2.33. The van der Waals surface area contributed by atoms with Crippen molar-refractivity contribution < 1.29 is 18.7 Å². The molecule has 3 aromatic rings. The van der Waals surface area contributed by atoms with Crippen LogP contribution in [0.15, 0.2) is 64.9 Å². The van der Waals surface area contributed by atoms with Gasteiger partial charge in [-0.1, -0.05) is 35.3 Å². The average molecular weight is 489 g/mol. The molecule has 2 aromatic carbocycles. The number of methoxy groups -OCH3 is 1. The summed E-state index contributed by atoms with van der Waals surface area (Å²) in [5.41, 5.74) is 1.93. The smallest absolute Gasteiger partial charge is 0.276 e. The first-order valence-corrected chi connectivity index (χ1v) is 10.7. The van der Waals surface area contributed by atoms with E-state index in [2.05, 4.69) is 5.32 Å². The van der Waals surface area contributed by atoms with Crippen molar-refractivity contribution in [2.45, 2.75) is 13.2 Å². The van der Waals surface area contributed by atoms with Gasteiger partial charge >= 0.3 is 0 Å². The average Bonchev–Trinajstić information content (AvgIpc) is 3.39. The first kappa shape index (κ1) is 22.2. The number of nitrogens with one attached hydrogen (secondary N) is 1. The fourth-order valence-electron chi connectivity index (χ4n) is 3.19. The summed E-state index contributed by atoms with van der Waals surface area (Å²) in [4.78, 5) is 14.3. The van der Waals surface area contributed by atoms with Crippen LogP contribution in [0.1, 0.15) is 16.9 Å². The molecule has 0 saturated carbocycles. The lowest BCUT2D eigenvalue weighted by Gasteiger charge is -2.13. The molecule has 1 aliphatic rings. The number of furan rings is 1. The van der Waals surface area contributed by atoms with Gasteiger partial charge in [0.05, 0.1) is 24.9 Å². The van der Waals surface area contributed by atoms with Crippen molar-refractivity contribution >= 4 is 52.5 Å². The summed E-state index contributed by atoms with van der Waals surface area (Å²) in [6.07, 6.45) is 3.28. The Morgan fingerprint density at radius 1 is 1.16 bits per heavy atom. The number of halogens is 2. The Morgan fingerprint density at radius 2 is 2.00 bits per heavy atom. The minimum Gasteiger partial charge on any atom is -0.496 e. The minimum atomic E-state index is -0.231. The molecule has 1 aliphatic heterocycles. The van der Waals surface area contributed by atoms with E-state index in [9.17, 15) is 4.79 Å². The molecule has 1 saturated heterocycles. The Morgan fingerprint density at radius 3 is 2.75 bits per heavy atom. The van der Waals surface area contributed by atoms with Crippen molar-refractivity contribution in [2.75, 3.05) is 7.11 Å². The Balaban J connectivity index is 1.54. The highest BCUT2D eigenvalue weighted by molar-refractivity contribution is 7.80. The van der Waals surface area contributed by atoms with Crippen LogP contribution in [0.3, 0.4) is 0 Å². The third-order valence-electron chi connectivity index (χ3n) is 4.77. The number of benzene rings is 2. The summed E-state index contributed by atoms with van der Waals surface area (Å²) in [6.45, 7) is 0.460. The van der Waals surface area contributed by atoms with Crippen LogP contribution >= 0.6 is 35.4 Å². The van der Waals surface area contributed by atoms with Crippen LogP contribution in [0.25, 0.3) is 6.08 Å². The Kier molecular flexibility index (Phi) is 6.69. The predicted octanol–water partition coefficient (Wildman–Crippen LogP) is 5.43. The van der Waals surface area contributed by atoms with Crippen molar-refractivity contribution in [3.05, 3.63) is 87.4 Å². The molecule has 0 unspecified atom stereocenters. The topological polar surface area (TPSA) is 63.9 Å². The van der Waals surface area contributed by atoms with Crippen LogP contribution < -0.4 is 14.8 Å².